The Kier molecular flexibility index (Phi) is 7.74. The van der Waals surface area contributed by atoms with Crippen LogP contribution in [0.5, 0.6) is 0 Å². The van der Waals surface area contributed by atoms with Gasteiger partial charge in [-0.25, -0.2) is 4.98 Å². The number of unbranched alkanes of at least 4 members (excludes halogenated alkanes) is 1. The molecule has 0 fully saturated rings. The molecule has 0 unspecified atom stereocenters. The molecule has 39 heavy (non-hydrogen) atoms. The van der Waals surface area contributed by atoms with Crippen molar-refractivity contribution in [1.82, 2.24) is 9.97 Å². The van der Waals surface area contributed by atoms with E-state index in [0.717, 1.165) is 51.8 Å². The molecule has 5 aromatic rings. The number of benzene rings is 3. The van der Waals surface area contributed by atoms with E-state index >= 15 is 0 Å². The molecular weight excluding hydrogens is 478 g/mol. The van der Waals surface area contributed by atoms with E-state index in [2.05, 4.69) is 48.1 Å². The average Bonchev–Trinajstić information content (AvgIpc) is 2.97. The maximum Gasteiger partial charge on any atom is 0.197 e. The molecule has 0 aliphatic heterocycles. The van der Waals surface area contributed by atoms with Crippen LogP contribution in [-0.4, -0.2) is 9.97 Å². The minimum Gasteiger partial charge on any atom is -0.383 e. The summed E-state index contributed by atoms with van der Waals surface area (Å²) in [5.74, 6) is 0.488. The third-order valence-corrected chi connectivity index (χ3v) is 7.45. The second-order valence-electron chi connectivity index (χ2n) is 10.2. The fraction of sp³-hybridized carbons (Fsp3) is 0.200. The zero-order valence-corrected chi connectivity index (χ0v) is 22.9. The molecule has 0 aliphatic carbocycles. The molecule has 3 N–H and O–H groups in total. The van der Waals surface area contributed by atoms with Gasteiger partial charge in [0.05, 0.1) is 0 Å². The predicted octanol–water partition coefficient (Wildman–Crippen LogP) is 8.23. The predicted molar refractivity (Wildman–Crippen MR) is 164 cm³/mol. The van der Waals surface area contributed by atoms with Crippen LogP contribution in [-0.2, 0) is 12.8 Å². The molecule has 0 bridgehead atoms. The van der Waals surface area contributed by atoms with E-state index in [0.29, 0.717) is 16.9 Å². The number of nitrogens with two attached hydrogens (primary N) is 1. The van der Waals surface area contributed by atoms with Gasteiger partial charge in [0.25, 0.3) is 0 Å². The van der Waals surface area contributed by atoms with Crippen LogP contribution in [0.2, 0.25) is 0 Å². The topological polar surface area (TPSA) is 71.8 Å². The van der Waals surface area contributed by atoms with Gasteiger partial charge in [-0.1, -0.05) is 92.6 Å². The fourth-order valence-electron chi connectivity index (χ4n) is 5.09. The number of H-pyrrole nitrogens is 1. The summed E-state index contributed by atoms with van der Waals surface area (Å²) in [6.07, 6.45) is 9.88. The second kappa shape index (κ2) is 11.5. The lowest BCUT2D eigenvalue weighted by Crippen LogP contribution is -2.08. The molecule has 2 heterocycles. The number of rotatable bonds is 8. The summed E-state index contributed by atoms with van der Waals surface area (Å²) in [6, 6.07) is 24.8. The lowest BCUT2D eigenvalue weighted by Gasteiger charge is -2.13. The minimum absolute atomic E-state index is 0.00272. The van der Waals surface area contributed by atoms with Crippen LogP contribution < -0.4 is 11.2 Å². The van der Waals surface area contributed by atoms with Gasteiger partial charge >= 0.3 is 0 Å². The quantitative estimate of drug-likeness (QED) is 0.219. The lowest BCUT2D eigenvalue weighted by atomic mass is 9.94. The first-order valence-electron chi connectivity index (χ1n) is 13.7. The van der Waals surface area contributed by atoms with E-state index in [9.17, 15) is 4.79 Å². The van der Waals surface area contributed by atoms with Gasteiger partial charge in [0.15, 0.2) is 5.43 Å². The molecule has 4 heteroatoms. The van der Waals surface area contributed by atoms with Gasteiger partial charge in [-0.15, -0.1) is 0 Å². The minimum atomic E-state index is 0.00272. The molecule has 196 valence electrons. The van der Waals surface area contributed by atoms with Crippen molar-refractivity contribution in [3.63, 3.8) is 0 Å². The monoisotopic (exact) mass is 513 g/mol. The Morgan fingerprint density at radius 2 is 1.31 bits per heavy atom. The molecule has 0 aliphatic rings. The lowest BCUT2D eigenvalue weighted by molar-refractivity contribution is 0.787. The highest BCUT2D eigenvalue weighted by Crippen LogP contribution is 2.32. The number of hydrogen-bond acceptors (Lipinski definition) is 3. The van der Waals surface area contributed by atoms with Gasteiger partial charge in [-0.2, -0.15) is 0 Å². The molecule has 3 aromatic carbocycles. The van der Waals surface area contributed by atoms with Crippen molar-refractivity contribution in [3.05, 3.63) is 118 Å². The van der Waals surface area contributed by atoms with Crippen LogP contribution in [0.3, 0.4) is 0 Å². The first-order valence-corrected chi connectivity index (χ1v) is 13.7. The molecule has 2 aromatic heterocycles. The Morgan fingerprint density at radius 3 is 1.92 bits per heavy atom. The summed E-state index contributed by atoms with van der Waals surface area (Å²) in [4.78, 5) is 21.0. The molecule has 5 rings (SSSR count). The summed E-state index contributed by atoms with van der Waals surface area (Å²) >= 11 is 0. The van der Waals surface area contributed by atoms with Gasteiger partial charge < -0.3 is 10.7 Å². The Hall–Kier alpha value is -4.44. The average molecular weight is 514 g/mol. The summed E-state index contributed by atoms with van der Waals surface area (Å²) in [5.41, 5.74) is 17.4. The van der Waals surface area contributed by atoms with Crippen molar-refractivity contribution in [1.29, 1.82) is 0 Å². The number of hydrogen-bond donors (Lipinski definition) is 2. The SMILES string of the molecule is CCCCc1cc(-c2cnc(N)c(-c3ccc(-c4c[nH]cc(-c5ccc(C)cc5)c4=O)cc3)c2)ccc1CC. The largest absolute Gasteiger partial charge is 0.383 e. The molecule has 0 atom stereocenters. The van der Waals surface area contributed by atoms with Crippen molar-refractivity contribution in [3.8, 4) is 44.5 Å². The highest BCUT2D eigenvalue weighted by atomic mass is 16.1. The third kappa shape index (κ3) is 5.56. The van der Waals surface area contributed by atoms with Crippen LogP contribution in [0.25, 0.3) is 44.5 Å². The van der Waals surface area contributed by atoms with E-state index in [1.165, 1.54) is 24.0 Å². The molecule has 0 amide bonds. The van der Waals surface area contributed by atoms with Gasteiger partial charge in [0.2, 0.25) is 0 Å². The Balaban J connectivity index is 1.47. The number of nitrogens with zero attached hydrogens (tertiary/aromatic N) is 1. The molecule has 4 nitrogen and oxygen atoms in total. The number of aromatic nitrogens is 2. The standard InChI is InChI=1S/C35H35N3O/c1-4-6-7-28-18-29(17-12-24(28)5-2)30-19-31(35(36)38-20-30)25-13-15-27(16-14-25)33-22-37-21-32(34(33)39)26-10-8-23(3)9-11-26/h8-22H,4-7H2,1-3H3,(H2,36,38)(H,37,39). The Morgan fingerprint density at radius 1 is 0.718 bits per heavy atom. The number of nitrogens with one attached hydrogen (secondary N) is 1. The van der Waals surface area contributed by atoms with Crippen molar-refractivity contribution in [2.75, 3.05) is 5.73 Å². The number of aryl methyl sites for hydroxylation is 3. The molecule has 0 saturated carbocycles. The van der Waals surface area contributed by atoms with E-state index < -0.39 is 0 Å². The van der Waals surface area contributed by atoms with Gasteiger partial charge in [0.1, 0.15) is 5.82 Å². The van der Waals surface area contributed by atoms with Crippen LogP contribution in [0.4, 0.5) is 5.82 Å². The van der Waals surface area contributed by atoms with E-state index in [1.54, 1.807) is 12.4 Å². The Labute approximate surface area is 230 Å². The number of nitrogen functional groups attached to an aromatic ring is 1. The maximum absolute atomic E-state index is 13.4. The normalized spacial score (nSPS) is 11.1. The fourth-order valence-corrected chi connectivity index (χ4v) is 5.09. The van der Waals surface area contributed by atoms with Crippen molar-refractivity contribution >= 4 is 5.82 Å². The zero-order chi connectivity index (χ0) is 27.4. The molecule has 0 radical (unpaired) electrons. The van der Waals surface area contributed by atoms with Gasteiger partial charge in [0, 0.05) is 40.8 Å². The van der Waals surface area contributed by atoms with Crippen LogP contribution >= 0.6 is 0 Å². The summed E-state index contributed by atoms with van der Waals surface area (Å²) in [7, 11) is 0. The summed E-state index contributed by atoms with van der Waals surface area (Å²) in [6.45, 7) is 6.48. The van der Waals surface area contributed by atoms with Gasteiger partial charge in [-0.05, 0) is 65.6 Å². The zero-order valence-electron chi connectivity index (χ0n) is 22.9. The number of aromatic amines is 1. The summed E-state index contributed by atoms with van der Waals surface area (Å²) in [5, 5.41) is 0. The highest BCUT2D eigenvalue weighted by molar-refractivity contribution is 5.81. The first-order chi connectivity index (χ1) is 19.0. The number of pyridine rings is 2. The van der Waals surface area contributed by atoms with Crippen molar-refractivity contribution in [2.45, 2.75) is 46.5 Å². The van der Waals surface area contributed by atoms with Crippen molar-refractivity contribution < 1.29 is 0 Å². The van der Waals surface area contributed by atoms with Crippen LogP contribution in [0.15, 0.2) is 96.2 Å². The van der Waals surface area contributed by atoms with E-state index in [-0.39, 0.29) is 5.43 Å². The molecular formula is C35H35N3O. The van der Waals surface area contributed by atoms with Crippen molar-refractivity contribution in [2.24, 2.45) is 0 Å². The third-order valence-electron chi connectivity index (χ3n) is 7.45. The summed E-state index contributed by atoms with van der Waals surface area (Å²) < 4.78 is 0. The van der Waals surface area contributed by atoms with Gasteiger partial charge in [-0.3, -0.25) is 4.79 Å². The first kappa shape index (κ1) is 26.2. The van der Waals surface area contributed by atoms with Crippen LogP contribution in [0.1, 0.15) is 43.4 Å². The molecule has 0 saturated heterocycles. The highest BCUT2D eigenvalue weighted by Gasteiger charge is 2.12. The molecule has 0 spiro atoms. The smallest absolute Gasteiger partial charge is 0.197 e. The number of anilines is 1. The van der Waals surface area contributed by atoms with E-state index in [1.807, 2.05) is 61.7 Å². The van der Waals surface area contributed by atoms with E-state index in [4.69, 9.17) is 5.73 Å². The maximum atomic E-state index is 13.4. The second-order valence-corrected chi connectivity index (χ2v) is 10.2. The van der Waals surface area contributed by atoms with Crippen LogP contribution in [0, 0.1) is 6.92 Å². The Bertz CT molecular complexity index is 1650.